The Morgan fingerprint density at radius 1 is 1.15 bits per heavy atom. The molecule has 0 heterocycles. The topological polar surface area (TPSA) is 52.6 Å². The first-order valence-corrected chi connectivity index (χ1v) is 9.04. The number of carbonyl (C=O) groups is 2. The van der Waals surface area contributed by atoms with Crippen molar-refractivity contribution in [3.63, 3.8) is 0 Å². The lowest BCUT2D eigenvalue weighted by molar-refractivity contribution is -0.154. The summed E-state index contributed by atoms with van der Waals surface area (Å²) in [5, 5.41) is 0.632. The Bertz CT molecular complexity index is 842. The third-order valence-corrected chi connectivity index (χ3v) is 5.12. The number of Topliss-reactive ketones (excluding diaryl/α,β-unsaturated/α-hetero) is 1. The number of ether oxygens (including phenoxy) is 2. The number of hydrogen-bond donors (Lipinski definition) is 0. The van der Waals surface area contributed by atoms with Crippen LogP contribution >= 0.6 is 11.6 Å². The van der Waals surface area contributed by atoms with E-state index in [0.717, 1.165) is 5.56 Å². The summed E-state index contributed by atoms with van der Waals surface area (Å²) in [5.74, 6) is 0.485. The van der Waals surface area contributed by atoms with Gasteiger partial charge in [0.15, 0.2) is 5.78 Å². The van der Waals surface area contributed by atoms with Gasteiger partial charge in [-0.2, -0.15) is 0 Å². The number of ketones is 1. The number of carbonyl (C=O) groups excluding carboxylic acids is 2. The minimum atomic E-state index is -1.16. The van der Waals surface area contributed by atoms with Crippen molar-refractivity contribution in [2.45, 2.75) is 27.2 Å². The van der Waals surface area contributed by atoms with Gasteiger partial charge in [-0.05, 0) is 67.3 Å². The summed E-state index contributed by atoms with van der Waals surface area (Å²) in [7, 11) is 0. The molecule has 0 radical (unpaired) electrons. The second-order valence-corrected chi connectivity index (χ2v) is 7.16. The summed E-state index contributed by atoms with van der Waals surface area (Å²) >= 11 is 5.89. The number of hydrogen-bond acceptors (Lipinski definition) is 4. The SMILES string of the molecule is CCOC(=O)C1(C(C)C)Cc2cc(Oc3ccc(Cl)cc3)ccc2C1=O. The average molecular weight is 373 g/mol. The smallest absolute Gasteiger partial charge is 0.320 e. The van der Waals surface area contributed by atoms with Gasteiger partial charge in [0.25, 0.3) is 0 Å². The largest absolute Gasteiger partial charge is 0.465 e. The summed E-state index contributed by atoms with van der Waals surface area (Å²) in [4.78, 5) is 25.6. The molecular formula is C21H21ClO4. The number of halogens is 1. The van der Waals surface area contributed by atoms with Crippen LogP contribution in [0.2, 0.25) is 5.02 Å². The summed E-state index contributed by atoms with van der Waals surface area (Å²) in [6.45, 7) is 5.76. The minimum Gasteiger partial charge on any atom is -0.465 e. The van der Waals surface area contributed by atoms with Crippen LogP contribution in [-0.4, -0.2) is 18.4 Å². The van der Waals surface area contributed by atoms with E-state index in [1.807, 2.05) is 19.9 Å². The van der Waals surface area contributed by atoms with Crippen molar-refractivity contribution in [1.29, 1.82) is 0 Å². The van der Waals surface area contributed by atoms with Gasteiger partial charge >= 0.3 is 5.97 Å². The molecule has 1 aliphatic carbocycles. The first kappa shape index (κ1) is 18.5. The fourth-order valence-electron chi connectivity index (χ4n) is 3.39. The molecule has 4 nitrogen and oxygen atoms in total. The molecule has 1 aliphatic rings. The Labute approximate surface area is 158 Å². The zero-order chi connectivity index (χ0) is 18.9. The standard InChI is InChI=1S/C21H21ClO4/c1-4-25-20(24)21(13(2)3)12-14-11-17(9-10-18(14)19(21)23)26-16-7-5-15(22)6-8-16/h5-11,13H,4,12H2,1-3H3. The quantitative estimate of drug-likeness (QED) is 0.542. The Kier molecular flexibility index (Phi) is 5.05. The van der Waals surface area contributed by atoms with Crippen molar-refractivity contribution in [2.24, 2.45) is 11.3 Å². The third-order valence-electron chi connectivity index (χ3n) is 4.87. The van der Waals surface area contributed by atoms with E-state index >= 15 is 0 Å². The van der Waals surface area contributed by atoms with Gasteiger partial charge in [0.2, 0.25) is 0 Å². The van der Waals surface area contributed by atoms with Gasteiger partial charge in [-0.15, -0.1) is 0 Å². The molecule has 0 bridgehead atoms. The van der Waals surface area contributed by atoms with Crippen molar-refractivity contribution in [2.75, 3.05) is 6.61 Å². The molecule has 26 heavy (non-hydrogen) atoms. The van der Waals surface area contributed by atoms with Crippen molar-refractivity contribution < 1.29 is 19.1 Å². The van der Waals surface area contributed by atoms with Gasteiger partial charge in [-0.25, -0.2) is 0 Å². The number of esters is 1. The maximum atomic E-state index is 13.0. The lowest BCUT2D eigenvalue weighted by atomic mass is 9.74. The zero-order valence-corrected chi connectivity index (χ0v) is 15.8. The first-order chi connectivity index (χ1) is 12.4. The van der Waals surface area contributed by atoms with Gasteiger partial charge in [-0.3, -0.25) is 9.59 Å². The number of rotatable bonds is 5. The Balaban J connectivity index is 1.92. The Hall–Kier alpha value is -2.33. The number of benzene rings is 2. The monoisotopic (exact) mass is 372 g/mol. The lowest BCUT2D eigenvalue weighted by Crippen LogP contribution is -2.43. The lowest BCUT2D eigenvalue weighted by Gasteiger charge is -2.28. The normalized spacial score (nSPS) is 18.7. The molecule has 0 fully saturated rings. The van der Waals surface area contributed by atoms with Crippen LogP contribution in [0.4, 0.5) is 0 Å². The third kappa shape index (κ3) is 3.10. The Morgan fingerprint density at radius 3 is 2.42 bits per heavy atom. The average Bonchev–Trinajstić information content (AvgIpc) is 2.91. The molecule has 1 atom stereocenters. The van der Waals surface area contributed by atoms with Crippen LogP contribution in [0.15, 0.2) is 42.5 Å². The van der Waals surface area contributed by atoms with Crippen LogP contribution in [0.25, 0.3) is 0 Å². The van der Waals surface area contributed by atoms with E-state index < -0.39 is 11.4 Å². The van der Waals surface area contributed by atoms with Crippen LogP contribution in [0.3, 0.4) is 0 Å². The van der Waals surface area contributed by atoms with Crippen LogP contribution in [0.1, 0.15) is 36.7 Å². The second-order valence-electron chi connectivity index (χ2n) is 6.73. The zero-order valence-electron chi connectivity index (χ0n) is 15.0. The fraction of sp³-hybridized carbons (Fsp3) is 0.333. The molecule has 2 aromatic rings. The molecule has 0 saturated carbocycles. The van der Waals surface area contributed by atoms with Crippen molar-refractivity contribution in [3.05, 3.63) is 58.6 Å². The molecule has 0 saturated heterocycles. The van der Waals surface area contributed by atoms with E-state index in [9.17, 15) is 9.59 Å². The van der Waals surface area contributed by atoms with Crippen LogP contribution in [0, 0.1) is 11.3 Å². The molecular weight excluding hydrogens is 352 g/mol. The predicted octanol–water partition coefficient (Wildman–Crippen LogP) is 5.08. The van der Waals surface area contributed by atoms with Gasteiger partial charge in [-0.1, -0.05) is 25.4 Å². The molecule has 0 amide bonds. The summed E-state index contributed by atoms with van der Waals surface area (Å²) < 4.78 is 11.1. The van der Waals surface area contributed by atoms with Crippen molar-refractivity contribution in [1.82, 2.24) is 0 Å². The molecule has 1 unspecified atom stereocenters. The summed E-state index contributed by atoms with van der Waals surface area (Å²) in [6.07, 6.45) is 0.329. The van der Waals surface area contributed by atoms with Gasteiger partial charge in [0.1, 0.15) is 16.9 Å². The molecule has 3 rings (SSSR count). The van der Waals surface area contributed by atoms with E-state index in [1.54, 1.807) is 43.3 Å². The maximum Gasteiger partial charge on any atom is 0.320 e. The fourth-order valence-corrected chi connectivity index (χ4v) is 3.51. The van der Waals surface area contributed by atoms with E-state index in [-0.39, 0.29) is 18.3 Å². The van der Waals surface area contributed by atoms with E-state index in [2.05, 4.69) is 0 Å². The highest BCUT2D eigenvalue weighted by Crippen LogP contribution is 2.44. The van der Waals surface area contributed by atoms with E-state index in [1.165, 1.54) is 0 Å². The van der Waals surface area contributed by atoms with E-state index in [4.69, 9.17) is 21.1 Å². The van der Waals surface area contributed by atoms with E-state index in [0.29, 0.717) is 28.5 Å². The van der Waals surface area contributed by atoms with Crippen LogP contribution in [0.5, 0.6) is 11.5 Å². The molecule has 2 aromatic carbocycles. The van der Waals surface area contributed by atoms with Gasteiger partial charge in [0, 0.05) is 10.6 Å². The minimum absolute atomic E-state index is 0.165. The number of fused-ring (bicyclic) bond motifs is 1. The molecule has 0 aliphatic heterocycles. The molecule has 5 heteroatoms. The highest BCUT2D eigenvalue weighted by molar-refractivity contribution is 6.30. The van der Waals surface area contributed by atoms with Crippen LogP contribution < -0.4 is 4.74 Å². The van der Waals surface area contributed by atoms with Gasteiger partial charge < -0.3 is 9.47 Å². The summed E-state index contributed by atoms with van der Waals surface area (Å²) in [6, 6.07) is 12.3. The Morgan fingerprint density at radius 2 is 1.81 bits per heavy atom. The maximum absolute atomic E-state index is 13.0. The van der Waals surface area contributed by atoms with Crippen molar-refractivity contribution >= 4 is 23.4 Å². The van der Waals surface area contributed by atoms with Crippen LogP contribution in [-0.2, 0) is 16.0 Å². The first-order valence-electron chi connectivity index (χ1n) is 8.67. The molecule has 0 aromatic heterocycles. The highest BCUT2D eigenvalue weighted by atomic mass is 35.5. The highest BCUT2D eigenvalue weighted by Gasteiger charge is 2.54. The summed E-state index contributed by atoms with van der Waals surface area (Å²) in [5.41, 5.74) is 0.218. The van der Waals surface area contributed by atoms with Gasteiger partial charge in [0.05, 0.1) is 6.61 Å². The second kappa shape index (κ2) is 7.12. The van der Waals surface area contributed by atoms with Crippen molar-refractivity contribution in [3.8, 4) is 11.5 Å². The molecule has 0 spiro atoms. The molecule has 136 valence electrons. The predicted molar refractivity (Wildman–Crippen MR) is 99.9 cm³/mol. The molecule has 0 N–H and O–H groups in total.